The number of ether oxygens (including phenoxy) is 3. The van der Waals surface area contributed by atoms with Crippen molar-refractivity contribution in [2.45, 2.75) is 126 Å². The van der Waals surface area contributed by atoms with Crippen LogP contribution in [0.15, 0.2) is 128 Å². The van der Waals surface area contributed by atoms with E-state index in [1.165, 1.54) is 4.90 Å². The number of epoxide rings is 1. The second-order valence-corrected chi connectivity index (χ2v) is 23.1. The Hall–Kier alpha value is -7.59. The fraction of sp³-hybridized carbons (Fsp3) is 0.413. The molecule has 3 unspecified atom stereocenters. The first-order chi connectivity index (χ1) is 41.3. The van der Waals surface area contributed by atoms with Crippen LogP contribution in [0, 0.1) is 5.92 Å². The summed E-state index contributed by atoms with van der Waals surface area (Å²) in [5.74, 6) is -2.15. The Balaban J connectivity index is 1.01. The number of nitrogens with two attached hydrogens (primary N) is 1. The van der Waals surface area contributed by atoms with Gasteiger partial charge in [0.1, 0.15) is 55.0 Å². The molecule has 85 heavy (non-hydrogen) atoms. The lowest BCUT2D eigenvalue weighted by atomic mass is 9.89. The molecule has 2 aromatic heterocycles. The fourth-order valence-electron chi connectivity index (χ4n) is 11.6. The van der Waals surface area contributed by atoms with Crippen LogP contribution >= 0.6 is 23.2 Å². The Labute approximate surface area is 503 Å². The highest BCUT2D eigenvalue weighted by atomic mass is 35.5. The second-order valence-electron chi connectivity index (χ2n) is 22.3. The highest BCUT2D eigenvalue weighted by Crippen LogP contribution is 2.32. The van der Waals surface area contributed by atoms with Crippen LogP contribution in [0.2, 0.25) is 10.0 Å². The van der Waals surface area contributed by atoms with Gasteiger partial charge in [-0.2, -0.15) is 0 Å². The molecule has 6 aromatic rings. The molecule has 0 aliphatic carbocycles. The van der Waals surface area contributed by atoms with E-state index in [4.69, 9.17) is 43.1 Å². The molecule has 22 heteroatoms. The Bertz CT molecular complexity index is 3240. The molecule has 4 aliphatic heterocycles. The van der Waals surface area contributed by atoms with E-state index in [2.05, 4.69) is 47.2 Å². The summed E-state index contributed by atoms with van der Waals surface area (Å²) in [7, 11) is 0. The lowest BCUT2D eigenvalue weighted by Crippen LogP contribution is -2.59. The third kappa shape index (κ3) is 16.2. The maximum atomic E-state index is 15.5. The molecule has 0 bridgehead atoms. The van der Waals surface area contributed by atoms with Gasteiger partial charge in [0.25, 0.3) is 0 Å². The van der Waals surface area contributed by atoms with Gasteiger partial charge in [0.2, 0.25) is 29.5 Å². The first-order valence-electron chi connectivity index (χ1n) is 29.3. The number of rotatable bonds is 18. The average molecular weight is 1200 g/mol. The molecule has 448 valence electrons. The van der Waals surface area contributed by atoms with Crippen molar-refractivity contribution in [1.82, 2.24) is 52.1 Å². The molecule has 0 saturated carbocycles. The molecule has 9 atom stereocenters. The number of benzene rings is 4. The second kappa shape index (κ2) is 29.0. The summed E-state index contributed by atoms with van der Waals surface area (Å²) < 4.78 is 18.4. The van der Waals surface area contributed by atoms with E-state index in [1.54, 1.807) is 48.8 Å². The number of aromatic nitrogens is 2. The van der Waals surface area contributed by atoms with Crippen molar-refractivity contribution in [3.05, 3.63) is 166 Å². The predicted molar refractivity (Wildman–Crippen MR) is 321 cm³/mol. The van der Waals surface area contributed by atoms with E-state index in [0.29, 0.717) is 40.6 Å². The van der Waals surface area contributed by atoms with Gasteiger partial charge in [-0.3, -0.25) is 34.3 Å². The van der Waals surface area contributed by atoms with Crippen LogP contribution in [0.25, 0.3) is 10.9 Å². The van der Waals surface area contributed by atoms with Crippen LogP contribution < -0.4 is 47.7 Å². The van der Waals surface area contributed by atoms with Gasteiger partial charge in [0.05, 0.1) is 18.6 Å². The molecule has 4 aromatic carbocycles. The quantitative estimate of drug-likeness (QED) is 0.0503. The van der Waals surface area contributed by atoms with Crippen molar-refractivity contribution >= 4 is 69.7 Å². The first kappa shape index (κ1) is 60.5. The maximum Gasteiger partial charge on any atom is 0.407 e. The Morgan fingerprint density at radius 3 is 2.19 bits per heavy atom. The van der Waals surface area contributed by atoms with Crippen molar-refractivity contribution in [1.29, 1.82) is 0 Å². The van der Waals surface area contributed by atoms with Crippen molar-refractivity contribution in [3.63, 3.8) is 0 Å². The van der Waals surface area contributed by atoms with Crippen molar-refractivity contribution in [3.8, 4) is 5.75 Å². The fourth-order valence-corrected chi connectivity index (χ4v) is 12.1. The van der Waals surface area contributed by atoms with E-state index in [9.17, 15) is 4.79 Å². The van der Waals surface area contributed by atoms with Crippen LogP contribution in [0.1, 0.15) is 66.3 Å². The summed E-state index contributed by atoms with van der Waals surface area (Å²) in [6.45, 7) is 1.79. The summed E-state index contributed by atoms with van der Waals surface area (Å²) >= 11 is 12.9. The smallest absolute Gasteiger partial charge is 0.407 e. The summed E-state index contributed by atoms with van der Waals surface area (Å²) in [6.07, 6.45) is 5.30. The third-order valence-corrected chi connectivity index (χ3v) is 17.0. The van der Waals surface area contributed by atoms with E-state index in [-0.39, 0.29) is 64.3 Å². The van der Waals surface area contributed by atoms with Gasteiger partial charge in [0, 0.05) is 71.0 Å². The Morgan fingerprint density at radius 1 is 0.729 bits per heavy atom. The minimum Gasteiger partial charge on any atom is -0.489 e. The van der Waals surface area contributed by atoms with Crippen LogP contribution in [0.4, 0.5) is 4.79 Å². The third-order valence-electron chi connectivity index (χ3n) is 16.3. The SMILES string of the molecule is NCCNC(=O)O[C@@H]1C[C@H]2C(=O)N[C@@H](CCc3ccccc3)C(=O)N[C@H](Cc3c[nH]c4ccccc34)C(=O)NC(CC3CCNCC3)C3OC3N[C@@H](Cc3ccc(OCc4c(Cl)cccc4Cl)cc3)C(=O)N[C@@H](CCc3cccnc3)C(=O)N2C1. The van der Waals surface area contributed by atoms with Crippen LogP contribution in [-0.2, 0) is 65.7 Å². The van der Waals surface area contributed by atoms with Crippen molar-refractivity contribution in [2.75, 3.05) is 32.7 Å². The number of halogens is 2. The molecule has 10 rings (SSSR count). The highest BCUT2D eigenvalue weighted by Gasteiger charge is 2.50. The molecule has 6 amide bonds. The van der Waals surface area contributed by atoms with E-state index in [1.807, 2.05) is 79.0 Å². The number of nitrogens with one attached hydrogen (secondary N) is 8. The van der Waals surface area contributed by atoms with Gasteiger partial charge in [-0.05, 0) is 129 Å². The molecular formula is C63H73Cl2N11O9. The maximum absolute atomic E-state index is 15.5. The minimum absolute atomic E-state index is 0.0879. The predicted octanol–water partition coefficient (Wildman–Crippen LogP) is 5.18. The number of amides is 6. The van der Waals surface area contributed by atoms with Gasteiger partial charge in [-0.25, -0.2) is 4.79 Å². The monoisotopic (exact) mass is 1200 g/mol. The number of H-pyrrole nitrogens is 1. The van der Waals surface area contributed by atoms with Gasteiger partial charge in [-0.1, -0.05) is 96.0 Å². The number of aryl methyl sites for hydroxylation is 2. The van der Waals surface area contributed by atoms with E-state index >= 15 is 24.0 Å². The van der Waals surface area contributed by atoms with Gasteiger partial charge in [-0.15, -0.1) is 0 Å². The van der Waals surface area contributed by atoms with Gasteiger partial charge >= 0.3 is 6.09 Å². The topological polar surface area (TPSA) is 276 Å². The van der Waals surface area contributed by atoms with Crippen molar-refractivity contribution < 1.29 is 43.0 Å². The Kier molecular flexibility index (Phi) is 20.7. The van der Waals surface area contributed by atoms with E-state index in [0.717, 1.165) is 59.1 Å². The molecule has 6 heterocycles. The zero-order valence-electron chi connectivity index (χ0n) is 47.1. The van der Waals surface area contributed by atoms with Gasteiger partial charge < -0.3 is 61.7 Å². The van der Waals surface area contributed by atoms with Crippen molar-refractivity contribution in [2.24, 2.45) is 11.7 Å². The number of aromatic amines is 1. The number of hydrogen-bond acceptors (Lipinski definition) is 13. The zero-order valence-corrected chi connectivity index (χ0v) is 48.6. The standard InChI is InChI=1S/C63H73Cl2N11O9/c64-47-12-6-13-48(65)46(47)37-83-43-19-15-39(16-20-43)31-53-58(78)72-51(22-18-41-10-7-26-68-34-41)62(81)76-36-44(84-63(82)69-29-25-66)33-55(76)60(80)71-50(21-17-38-8-2-1-3-9-38)57(77)74-54(32-42-35-70-49-14-5-4-11-45(42)49)59(79)73-52(56-61(75-53)85-56)30-40-23-27-67-28-24-40/h1-16,19-20,26,34-35,40,44,50-56,61,67,70,75H,17-18,21-25,27-33,36-37,66H2,(H,69,82)(H,71,80)(H,72,78)(H,73,79)(H,74,77)/t44-,50+,51+,52?,53+,54-,55+,56?,61?/m1/s1. The number of para-hydroxylation sites is 1. The molecule has 4 aliphatic rings. The number of piperidine rings is 1. The number of carbonyl (C=O) groups is 6. The highest BCUT2D eigenvalue weighted by molar-refractivity contribution is 6.36. The van der Waals surface area contributed by atoms with Crippen LogP contribution in [-0.4, -0.2) is 138 Å². The molecular weight excluding hydrogens is 1130 g/mol. The molecule has 4 saturated heterocycles. The summed E-state index contributed by atoms with van der Waals surface area (Å²) in [6, 6.07) is 26.9. The van der Waals surface area contributed by atoms with Crippen LogP contribution in [0.5, 0.6) is 5.75 Å². The van der Waals surface area contributed by atoms with Gasteiger partial charge in [0.15, 0.2) is 0 Å². The summed E-state index contributed by atoms with van der Waals surface area (Å²) in [4.78, 5) is 98.4. The number of hydrogen-bond donors (Lipinski definition) is 9. The number of nitrogens with zero attached hydrogens (tertiary/aromatic N) is 2. The average Bonchev–Trinajstić information content (AvgIpc) is 3.88. The normalized spacial score (nSPS) is 24.3. The summed E-state index contributed by atoms with van der Waals surface area (Å²) in [5.41, 5.74) is 10.4. The van der Waals surface area contributed by atoms with E-state index < -0.39 is 90.3 Å². The minimum atomic E-state index is -1.28. The lowest BCUT2D eigenvalue weighted by molar-refractivity contribution is -0.142. The molecule has 10 N–H and O–H groups in total. The first-order valence-corrected chi connectivity index (χ1v) is 30.0. The molecule has 20 nitrogen and oxygen atoms in total. The largest absolute Gasteiger partial charge is 0.489 e. The number of carbonyl (C=O) groups excluding carboxylic acids is 6. The lowest BCUT2D eigenvalue weighted by Gasteiger charge is -2.31. The number of fused-ring (bicyclic) bond motifs is 3. The number of alkyl carbamates (subject to hydrolysis) is 1. The molecule has 0 spiro atoms. The number of pyridine rings is 1. The zero-order chi connectivity index (χ0) is 59.2. The molecule has 0 radical (unpaired) electrons. The Morgan fingerprint density at radius 2 is 1.42 bits per heavy atom. The summed E-state index contributed by atoms with van der Waals surface area (Å²) in [5, 5.41) is 23.8. The molecule has 4 fully saturated rings. The van der Waals surface area contributed by atoms with Crippen LogP contribution in [0.3, 0.4) is 0 Å².